The van der Waals surface area contributed by atoms with E-state index in [1.165, 1.54) is 0 Å². The smallest absolute Gasteiger partial charge is 0.212 e. The van der Waals surface area contributed by atoms with Gasteiger partial charge in [-0.2, -0.15) is 0 Å². The number of hydrogen-bond acceptors (Lipinski definition) is 8. The van der Waals surface area contributed by atoms with E-state index in [0.29, 0.717) is 11.3 Å². The largest absolute Gasteiger partial charge is 0.496 e. The van der Waals surface area contributed by atoms with Gasteiger partial charge in [-0.15, -0.1) is 10.2 Å². The molecular weight excluding hydrogens is 416 g/mol. The summed E-state index contributed by atoms with van der Waals surface area (Å²) in [4.78, 5) is 9.39. The maximum absolute atomic E-state index is 6.81. The van der Waals surface area contributed by atoms with Gasteiger partial charge in [0.25, 0.3) is 0 Å². The van der Waals surface area contributed by atoms with E-state index in [9.17, 15) is 0 Å². The summed E-state index contributed by atoms with van der Waals surface area (Å²) in [6.45, 7) is 11.2. The Morgan fingerprint density at radius 2 is 1.94 bits per heavy atom. The molecule has 1 atom stereocenters. The maximum atomic E-state index is 6.81. The number of benzene rings is 1. The molecule has 0 spiro atoms. The van der Waals surface area contributed by atoms with Crippen molar-refractivity contribution in [3.63, 3.8) is 0 Å². The molecule has 9 nitrogen and oxygen atoms in total. The molecule has 1 unspecified atom stereocenters. The zero-order chi connectivity index (χ0) is 24.0. The van der Waals surface area contributed by atoms with E-state index in [2.05, 4.69) is 46.6 Å². The Balaban J connectivity index is 1.73. The second-order valence-corrected chi connectivity index (χ2v) is 9.69. The fourth-order valence-corrected chi connectivity index (χ4v) is 3.74. The van der Waals surface area contributed by atoms with Gasteiger partial charge in [0.1, 0.15) is 11.6 Å². The van der Waals surface area contributed by atoms with Crippen molar-refractivity contribution in [2.45, 2.75) is 40.4 Å². The molecule has 3 aromatic rings. The van der Waals surface area contributed by atoms with E-state index >= 15 is 0 Å². The first kappa shape index (κ1) is 22.7. The number of aryl methyl sites for hydroxylation is 2. The number of anilines is 2. The van der Waals surface area contributed by atoms with Gasteiger partial charge in [0, 0.05) is 36.6 Å². The molecule has 33 heavy (non-hydrogen) atoms. The first-order chi connectivity index (χ1) is 15.5. The number of aromatic nitrogens is 4. The summed E-state index contributed by atoms with van der Waals surface area (Å²) < 4.78 is 7.65. The molecule has 0 bridgehead atoms. The number of nitrogens with one attached hydrogen (secondary N) is 2. The van der Waals surface area contributed by atoms with Crippen molar-refractivity contribution < 1.29 is 4.74 Å². The zero-order valence-electron chi connectivity index (χ0n) is 20.3. The van der Waals surface area contributed by atoms with Gasteiger partial charge in [-0.1, -0.05) is 26.8 Å². The standard InChI is InChI=1S/C24H32N8O/c1-14-10-17-12-27-24(25,29-20(17)21(28-14)26-13-23(3,4)5)18-9-8-16(11-19(18)33-7)22-31-30-15(2)32(22)6/h8-12,29H,13,25H2,1-7H3,(H,26,28). The third-order valence-electron chi connectivity index (χ3n) is 5.65. The van der Waals surface area contributed by atoms with Crippen LogP contribution in [-0.4, -0.2) is 39.6 Å². The van der Waals surface area contributed by atoms with Crippen LogP contribution in [0.4, 0.5) is 11.5 Å². The van der Waals surface area contributed by atoms with E-state index in [1.807, 2.05) is 49.7 Å². The summed E-state index contributed by atoms with van der Waals surface area (Å²) in [5.41, 5.74) is 11.1. The summed E-state index contributed by atoms with van der Waals surface area (Å²) in [5.74, 6) is 1.72. The van der Waals surface area contributed by atoms with E-state index < -0.39 is 5.79 Å². The lowest BCUT2D eigenvalue weighted by atomic mass is 9.97. The molecule has 0 fully saturated rings. The van der Waals surface area contributed by atoms with Gasteiger partial charge in [0.15, 0.2) is 11.6 Å². The van der Waals surface area contributed by atoms with Crippen LogP contribution >= 0.6 is 0 Å². The normalized spacial score (nSPS) is 17.5. The molecule has 0 saturated carbocycles. The second kappa shape index (κ2) is 8.15. The number of hydrogen-bond donors (Lipinski definition) is 3. The van der Waals surface area contributed by atoms with E-state index in [0.717, 1.165) is 46.5 Å². The van der Waals surface area contributed by atoms with Crippen LogP contribution in [0.5, 0.6) is 5.75 Å². The minimum atomic E-state index is -1.22. The van der Waals surface area contributed by atoms with Gasteiger partial charge in [-0.25, -0.2) is 9.98 Å². The quantitative estimate of drug-likeness (QED) is 0.546. The Morgan fingerprint density at radius 1 is 1.18 bits per heavy atom. The highest BCUT2D eigenvalue weighted by atomic mass is 16.5. The number of fused-ring (bicyclic) bond motifs is 1. The molecule has 0 radical (unpaired) electrons. The molecule has 3 heterocycles. The average molecular weight is 449 g/mol. The van der Waals surface area contributed by atoms with Crippen LogP contribution in [0.25, 0.3) is 11.4 Å². The minimum absolute atomic E-state index is 0.0953. The van der Waals surface area contributed by atoms with Crippen LogP contribution in [0.3, 0.4) is 0 Å². The predicted molar refractivity (Wildman–Crippen MR) is 132 cm³/mol. The highest BCUT2D eigenvalue weighted by Crippen LogP contribution is 2.38. The lowest BCUT2D eigenvalue weighted by Gasteiger charge is -2.34. The van der Waals surface area contributed by atoms with Crippen molar-refractivity contribution in [1.29, 1.82) is 0 Å². The van der Waals surface area contributed by atoms with E-state index in [-0.39, 0.29) is 5.41 Å². The van der Waals surface area contributed by atoms with Crippen molar-refractivity contribution >= 4 is 17.7 Å². The minimum Gasteiger partial charge on any atom is -0.496 e. The molecule has 0 saturated heterocycles. The van der Waals surface area contributed by atoms with Gasteiger partial charge < -0.3 is 19.9 Å². The van der Waals surface area contributed by atoms with Crippen molar-refractivity contribution in [2.75, 3.05) is 24.3 Å². The molecule has 1 aliphatic heterocycles. The topological polar surface area (TPSA) is 115 Å². The summed E-state index contributed by atoms with van der Waals surface area (Å²) in [7, 11) is 3.55. The first-order valence-corrected chi connectivity index (χ1v) is 10.9. The Kier molecular flexibility index (Phi) is 5.61. The number of ether oxygens (including phenoxy) is 1. The van der Waals surface area contributed by atoms with Gasteiger partial charge in [0.2, 0.25) is 5.79 Å². The first-order valence-electron chi connectivity index (χ1n) is 10.9. The van der Waals surface area contributed by atoms with Crippen LogP contribution in [0.15, 0.2) is 29.3 Å². The third-order valence-corrected chi connectivity index (χ3v) is 5.65. The summed E-state index contributed by atoms with van der Waals surface area (Å²) >= 11 is 0. The van der Waals surface area contributed by atoms with Crippen LogP contribution in [0.1, 0.15) is 43.4 Å². The third kappa shape index (κ3) is 4.41. The molecule has 4 N–H and O–H groups in total. The molecule has 1 aliphatic rings. The molecule has 0 amide bonds. The second-order valence-electron chi connectivity index (χ2n) is 9.69. The Morgan fingerprint density at radius 3 is 2.58 bits per heavy atom. The number of aliphatic imine (C=N–C) groups is 1. The van der Waals surface area contributed by atoms with Gasteiger partial charge in [0.05, 0.1) is 18.4 Å². The molecule has 1 aromatic carbocycles. The number of nitrogens with zero attached hydrogens (tertiary/aromatic N) is 5. The highest BCUT2D eigenvalue weighted by molar-refractivity contribution is 5.94. The molecule has 4 rings (SSSR count). The lowest BCUT2D eigenvalue weighted by molar-refractivity contribution is 0.393. The fraction of sp³-hybridized carbons (Fsp3) is 0.417. The predicted octanol–water partition coefficient (Wildman–Crippen LogP) is 3.57. The average Bonchev–Trinajstić information content (AvgIpc) is 3.09. The molecule has 9 heteroatoms. The van der Waals surface area contributed by atoms with Crippen LogP contribution < -0.4 is 21.1 Å². The Bertz CT molecular complexity index is 1220. The summed E-state index contributed by atoms with van der Waals surface area (Å²) in [6.07, 6.45) is 1.79. The van der Waals surface area contributed by atoms with Crippen molar-refractivity contribution in [3.05, 3.63) is 46.9 Å². The van der Waals surface area contributed by atoms with Crippen molar-refractivity contribution in [3.8, 4) is 17.1 Å². The van der Waals surface area contributed by atoms with Gasteiger partial charge in [-0.05, 0) is 37.5 Å². The number of rotatable bonds is 5. The van der Waals surface area contributed by atoms with Gasteiger partial charge in [-0.3, -0.25) is 5.73 Å². The SMILES string of the molecule is COc1cc(-c2nnc(C)n2C)ccc1C1(N)N=Cc2cc(C)nc(NCC(C)(C)C)c2N1. The van der Waals surface area contributed by atoms with E-state index in [1.54, 1.807) is 13.3 Å². The van der Waals surface area contributed by atoms with E-state index in [4.69, 9.17) is 15.5 Å². The fourth-order valence-electron chi connectivity index (χ4n) is 3.74. The summed E-state index contributed by atoms with van der Waals surface area (Å²) in [5, 5.41) is 15.3. The number of pyridine rings is 1. The lowest BCUT2D eigenvalue weighted by Crippen LogP contribution is -2.45. The van der Waals surface area contributed by atoms with Crippen LogP contribution in [0, 0.1) is 19.3 Å². The molecule has 0 aliphatic carbocycles. The Hall–Kier alpha value is -3.46. The zero-order valence-corrected chi connectivity index (χ0v) is 20.3. The van der Waals surface area contributed by atoms with Crippen molar-refractivity contribution in [1.82, 2.24) is 19.7 Å². The van der Waals surface area contributed by atoms with Crippen LogP contribution in [-0.2, 0) is 12.8 Å². The number of methoxy groups -OCH3 is 1. The molecule has 2 aromatic heterocycles. The molecule has 174 valence electrons. The van der Waals surface area contributed by atoms with Crippen LogP contribution in [0.2, 0.25) is 0 Å². The highest BCUT2D eigenvalue weighted by Gasteiger charge is 2.34. The molecular formula is C24H32N8O. The number of nitrogens with two attached hydrogens (primary N) is 1. The summed E-state index contributed by atoms with van der Waals surface area (Å²) in [6, 6.07) is 7.77. The Labute approximate surface area is 194 Å². The van der Waals surface area contributed by atoms with Gasteiger partial charge >= 0.3 is 0 Å². The monoisotopic (exact) mass is 448 g/mol. The van der Waals surface area contributed by atoms with Crippen molar-refractivity contribution in [2.24, 2.45) is 23.2 Å². The maximum Gasteiger partial charge on any atom is 0.212 e.